The van der Waals surface area contributed by atoms with Crippen LogP contribution < -0.4 is 4.74 Å². The molecule has 2 aromatic rings. The predicted molar refractivity (Wildman–Crippen MR) is 95.4 cm³/mol. The third kappa shape index (κ3) is 3.77. The Hall–Kier alpha value is -2.69. The lowest BCUT2D eigenvalue weighted by atomic mass is 10.1. The zero-order valence-electron chi connectivity index (χ0n) is 14.1. The summed E-state index contributed by atoms with van der Waals surface area (Å²) < 4.78 is 31.9. The number of ketones is 1. The maximum Gasteiger partial charge on any atom is 0.243 e. The highest BCUT2D eigenvalue weighted by Gasteiger charge is 2.27. The summed E-state index contributed by atoms with van der Waals surface area (Å²) in [6, 6.07) is 14.5. The van der Waals surface area contributed by atoms with Gasteiger partial charge < -0.3 is 4.74 Å². The van der Waals surface area contributed by atoms with E-state index in [2.05, 4.69) is 0 Å². The lowest BCUT2D eigenvalue weighted by Gasteiger charge is -2.15. The molecule has 1 aliphatic rings. The minimum Gasteiger partial charge on any atom is -0.484 e. The van der Waals surface area contributed by atoms with Crippen LogP contribution in [0.2, 0.25) is 0 Å². The second-order valence-corrected chi connectivity index (χ2v) is 7.89. The molecule has 0 bridgehead atoms. The zero-order chi connectivity index (χ0) is 18.6. The first kappa shape index (κ1) is 18.1. The van der Waals surface area contributed by atoms with Crippen molar-refractivity contribution in [1.29, 1.82) is 5.26 Å². The van der Waals surface area contributed by atoms with Crippen molar-refractivity contribution in [3.05, 3.63) is 59.7 Å². The molecule has 6 nitrogen and oxygen atoms in total. The number of nitriles is 1. The van der Waals surface area contributed by atoms with Crippen LogP contribution in [0.15, 0.2) is 53.4 Å². The second kappa shape index (κ2) is 7.68. The van der Waals surface area contributed by atoms with E-state index in [-0.39, 0.29) is 17.3 Å². The maximum atomic E-state index is 12.5. The van der Waals surface area contributed by atoms with Crippen LogP contribution in [0.5, 0.6) is 5.75 Å². The number of sulfonamides is 1. The molecule has 0 unspecified atom stereocenters. The molecule has 0 aromatic heterocycles. The Morgan fingerprint density at radius 1 is 1.08 bits per heavy atom. The number of hydrogen-bond donors (Lipinski definition) is 0. The SMILES string of the molecule is N#Cc1ccccc1OCC(=O)c1ccc(S(=O)(=O)N2CCCC2)cc1. The molecule has 0 saturated carbocycles. The molecule has 0 spiro atoms. The number of rotatable bonds is 6. The van der Waals surface area contributed by atoms with Crippen LogP contribution in [0.4, 0.5) is 0 Å². The molecule has 7 heteroatoms. The van der Waals surface area contributed by atoms with Gasteiger partial charge in [0.05, 0.1) is 10.5 Å². The van der Waals surface area contributed by atoms with Crippen molar-refractivity contribution in [2.24, 2.45) is 0 Å². The molecular weight excluding hydrogens is 352 g/mol. The lowest BCUT2D eigenvalue weighted by Crippen LogP contribution is -2.27. The molecule has 1 heterocycles. The molecule has 0 radical (unpaired) electrons. The molecule has 2 aromatic carbocycles. The summed E-state index contributed by atoms with van der Waals surface area (Å²) in [6.45, 7) is 0.848. The Morgan fingerprint density at radius 3 is 2.38 bits per heavy atom. The number of ether oxygens (including phenoxy) is 1. The van der Waals surface area contributed by atoms with E-state index in [9.17, 15) is 13.2 Å². The fourth-order valence-corrected chi connectivity index (χ4v) is 4.32. The fourth-order valence-electron chi connectivity index (χ4n) is 2.80. The zero-order valence-corrected chi connectivity index (χ0v) is 14.9. The number of para-hydroxylation sites is 1. The van der Waals surface area contributed by atoms with E-state index in [1.165, 1.54) is 28.6 Å². The Bertz CT molecular complexity index is 940. The van der Waals surface area contributed by atoms with Gasteiger partial charge in [0.25, 0.3) is 0 Å². The standard InChI is InChI=1S/C19H18N2O4S/c20-13-16-5-1-2-6-19(16)25-14-18(22)15-7-9-17(10-8-15)26(23,24)21-11-3-4-12-21/h1-2,5-10H,3-4,11-12,14H2. The predicted octanol–water partition coefficient (Wildman–Crippen LogP) is 2.60. The molecule has 134 valence electrons. The molecule has 3 rings (SSSR count). The third-order valence-electron chi connectivity index (χ3n) is 4.25. The number of Topliss-reactive ketones (excluding diaryl/α,β-unsaturated/α-hetero) is 1. The topological polar surface area (TPSA) is 87.5 Å². The van der Waals surface area contributed by atoms with Crippen LogP contribution in [0.25, 0.3) is 0 Å². The highest BCUT2D eigenvalue weighted by atomic mass is 32.2. The van der Waals surface area contributed by atoms with E-state index >= 15 is 0 Å². The van der Waals surface area contributed by atoms with Gasteiger partial charge in [0.2, 0.25) is 10.0 Å². The molecule has 0 amide bonds. The normalized spacial score (nSPS) is 14.7. The minimum atomic E-state index is -3.49. The molecule has 0 N–H and O–H groups in total. The largest absolute Gasteiger partial charge is 0.484 e. The lowest BCUT2D eigenvalue weighted by molar-refractivity contribution is 0.0921. The van der Waals surface area contributed by atoms with E-state index in [1.54, 1.807) is 24.3 Å². The monoisotopic (exact) mass is 370 g/mol. The molecular formula is C19H18N2O4S. The van der Waals surface area contributed by atoms with Gasteiger partial charge in [-0.05, 0) is 49.2 Å². The highest BCUT2D eigenvalue weighted by Crippen LogP contribution is 2.21. The van der Waals surface area contributed by atoms with Crippen LogP contribution in [-0.2, 0) is 10.0 Å². The smallest absolute Gasteiger partial charge is 0.243 e. The minimum absolute atomic E-state index is 0.187. The molecule has 0 atom stereocenters. The van der Waals surface area contributed by atoms with Crippen LogP contribution in [-0.4, -0.2) is 38.2 Å². The van der Waals surface area contributed by atoms with Crippen molar-refractivity contribution in [3.8, 4) is 11.8 Å². The molecule has 0 aliphatic carbocycles. The van der Waals surface area contributed by atoms with Gasteiger partial charge >= 0.3 is 0 Å². The van der Waals surface area contributed by atoms with Gasteiger partial charge in [-0.25, -0.2) is 8.42 Å². The van der Waals surface area contributed by atoms with E-state index < -0.39 is 10.0 Å². The molecule has 1 aliphatic heterocycles. The summed E-state index contributed by atoms with van der Waals surface area (Å²) >= 11 is 0. The summed E-state index contributed by atoms with van der Waals surface area (Å²) in [5, 5.41) is 9.02. The van der Waals surface area contributed by atoms with Gasteiger partial charge in [-0.3, -0.25) is 4.79 Å². The van der Waals surface area contributed by atoms with Crippen molar-refractivity contribution >= 4 is 15.8 Å². The number of hydrogen-bond acceptors (Lipinski definition) is 5. The summed E-state index contributed by atoms with van der Waals surface area (Å²) in [5.74, 6) is 0.0550. The van der Waals surface area contributed by atoms with Gasteiger partial charge in [0.1, 0.15) is 11.8 Å². The molecule has 26 heavy (non-hydrogen) atoms. The van der Waals surface area contributed by atoms with Crippen molar-refractivity contribution in [2.75, 3.05) is 19.7 Å². The summed E-state index contributed by atoms with van der Waals surface area (Å²) in [7, 11) is -3.49. The summed E-state index contributed by atoms with van der Waals surface area (Å²) in [4.78, 5) is 12.5. The van der Waals surface area contributed by atoms with E-state index in [0.717, 1.165) is 12.8 Å². The first-order chi connectivity index (χ1) is 12.5. The number of carbonyl (C=O) groups is 1. The van der Waals surface area contributed by atoms with Gasteiger partial charge in [0.15, 0.2) is 12.4 Å². The van der Waals surface area contributed by atoms with Crippen molar-refractivity contribution < 1.29 is 17.9 Å². The van der Waals surface area contributed by atoms with Crippen LogP contribution in [0, 0.1) is 11.3 Å². The van der Waals surface area contributed by atoms with Crippen molar-refractivity contribution in [3.63, 3.8) is 0 Å². The first-order valence-electron chi connectivity index (χ1n) is 8.28. The van der Waals surface area contributed by atoms with Crippen LogP contribution >= 0.6 is 0 Å². The van der Waals surface area contributed by atoms with Gasteiger partial charge in [-0.1, -0.05) is 12.1 Å². The van der Waals surface area contributed by atoms with Crippen LogP contribution in [0.1, 0.15) is 28.8 Å². The van der Waals surface area contributed by atoms with Gasteiger partial charge in [-0.15, -0.1) is 0 Å². The Kier molecular flexibility index (Phi) is 5.35. The number of nitrogens with zero attached hydrogens (tertiary/aromatic N) is 2. The Morgan fingerprint density at radius 2 is 1.73 bits per heavy atom. The van der Waals surface area contributed by atoms with Crippen molar-refractivity contribution in [1.82, 2.24) is 4.31 Å². The van der Waals surface area contributed by atoms with E-state index in [0.29, 0.717) is 30.0 Å². The molecule has 1 fully saturated rings. The number of benzene rings is 2. The Balaban J connectivity index is 1.68. The molecule has 1 saturated heterocycles. The van der Waals surface area contributed by atoms with Gasteiger partial charge in [-0.2, -0.15) is 9.57 Å². The van der Waals surface area contributed by atoms with Gasteiger partial charge in [0, 0.05) is 18.7 Å². The summed E-state index contributed by atoms with van der Waals surface area (Å²) in [6.07, 6.45) is 1.74. The maximum absolute atomic E-state index is 12.5. The highest BCUT2D eigenvalue weighted by molar-refractivity contribution is 7.89. The third-order valence-corrected chi connectivity index (χ3v) is 6.16. The quantitative estimate of drug-likeness (QED) is 0.730. The van der Waals surface area contributed by atoms with Crippen LogP contribution in [0.3, 0.4) is 0 Å². The average Bonchev–Trinajstić information content (AvgIpc) is 3.22. The van der Waals surface area contributed by atoms with E-state index in [1.807, 2.05) is 6.07 Å². The fraction of sp³-hybridized carbons (Fsp3) is 0.263. The average molecular weight is 370 g/mol. The summed E-state index contributed by atoms with van der Waals surface area (Å²) in [5.41, 5.74) is 0.715. The van der Waals surface area contributed by atoms with Crippen molar-refractivity contribution in [2.45, 2.75) is 17.7 Å². The number of carbonyl (C=O) groups excluding carboxylic acids is 1. The van der Waals surface area contributed by atoms with E-state index in [4.69, 9.17) is 10.00 Å². The second-order valence-electron chi connectivity index (χ2n) is 5.96. The first-order valence-corrected chi connectivity index (χ1v) is 9.72. The Labute approximate surface area is 152 Å².